The molecule has 0 aliphatic carbocycles. The van der Waals surface area contributed by atoms with Crippen molar-refractivity contribution < 1.29 is 15.0 Å². The van der Waals surface area contributed by atoms with E-state index in [1.165, 1.54) is 0 Å². The normalized spacial score (nSPS) is 13.5. The van der Waals surface area contributed by atoms with Crippen LogP contribution in [-0.4, -0.2) is 22.3 Å². The van der Waals surface area contributed by atoms with E-state index in [1.54, 1.807) is 0 Å². The zero-order valence-corrected chi connectivity index (χ0v) is 10.6. The Hall–Kier alpha value is -1.09. The first kappa shape index (κ1) is 15.9. The maximum absolute atomic E-state index is 10.2. The molecule has 0 aromatic heterocycles. The number of carboxylic acid groups (broad SMARTS) is 1. The van der Waals surface area contributed by atoms with Gasteiger partial charge in [0.05, 0.1) is 6.10 Å². The summed E-state index contributed by atoms with van der Waals surface area (Å²) in [5.74, 6) is -0.726. The molecule has 0 saturated heterocycles. The van der Waals surface area contributed by atoms with Crippen molar-refractivity contribution in [3.63, 3.8) is 0 Å². The van der Waals surface area contributed by atoms with Crippen LogP contribution in [0.15, 0.2) is 24.3 Å². The van der Waals surface area contributed by atoms with Crippen LogP contribution in [0.5, 0.6) is 0 Å². The van der Waals surface area contributed by atoms with Crippen LogP contribution in [0.4, 0.5) is 0 Å². The van der Waals surface area contributed by atoms with E-state index >= 15 is 0 Å². The Morgan fingerprint density at radius 1 is 1.12 bits per heavy atom. The molecule has 17 heavy (non-hydrogen) atoms. The van der Waals surface area contributed by atoms with Gasteiger partial charge in [-0.3, -0.25) is 4.79 Å². The second-order valence-corrected chi connectivity index (χ2v) is 4.24. The van der Waals surface area contributed by atoms with Gasteiger partial charge in [-0.05, 0) is 45.4 Å². The molecule has 0 rings (SSSR count). The first-order valence-corrected chi connectivity index (χ1v) is 6.32. The summed E-state index contributed by atoms with van der Waals surface area (Å²) in [5, 5.41) is 17.5. The molecule has 0 aromatic carbocycles. The number of aliphatic carboxylic acids is 1. The highest BCUT2D eigenvalue weighted by Crippen LogP contribution is 2.02. The van der Waals surface area contributed by atoms with Crippen LogP contribution in [-0.2, 0) is 4.79 Å². The van der Waals surface area contributed by atoms with Crippen molar-refractivity contribution in [2.45, 2.75) is 58.0 Å². The van der Waals surface area contributed by atoms with E-state index in [9.17, 15) is 4.79 Å². The maximum Gasteiger partial charge on any atom is 0.303 e. The van der Waals surface area contributed by atoms with Gasteiger partial charge >= 0.3 is 5.97 Å². The summed E-state index contributed by atoms with van der Waals surface area (Å²) in [6, 6.07) is 0. The van der Waals surface area contributed by atoms with Crippen LogP contribution in [0, 0.1) is 0 Å². The molecule has 3 nitrogen and oxygen atoms in total. The number of hydrogen-bond acceptors (Lipinski definition) is 2. The molecule has 0 fully saturated rings. The van der Waals surface area contributed by atoms with E-state index < -0.39 is 5.97 Å². The molecule has 0 aliphatic rings. The van der Waals surface area contributed by atoms with Crippen LogP contribution in [0.25, 0.3) is 0 Å². The number of aliphatic hydroxyl groups is 1. The number of unbranched alkanes of at least 4 members (excludes halogenated alkanes) is 2. The highest BCUT2D eigenvalue weighted by molar-refractivity contribution is 5.66. The molecule has 0 heterocycles. The second kappa shape index (κ2) is 11.4. The SMILES string of the molecule is CC(O)CCC/C=C\C/C=C\CCCC(=O)O. The average molecular weight is 240 g/mol. The maximum atomic E-state index is 10.2. The van der Waals surface area contributed by atoms with E-state index in [-0.39, 0.29) is 12.5 Å². The summed E-state index contributed by atoms with van der Waals surface area (Å²) in [6.45, 7) is 1.81. The predicted molar refractivity (Wildman–Crippen MR) is 69.9 cm³/mol. The van der Waals surface area contributed by atoms with Crippen molar-refractivity contribution in [2.75, 3.05) is 0 Å². The fourth-order valence-corrected chi connectivity index (χ4v) is 1.41. The lowest BCUT2D eigenvalue weighted by atomic mass is 10.1. The Morgan fingerprint density at radius 3 is 2.24 bits per heavy atom. The van der Waals surface area contributed by atoms with Crippen molar-refractivity contribution in [3.8, 4) is 0 Å². The first-order valence-electron chi connectivity index (χ1n) is 6.32. The molecule has 0 saturated carbocycles. The monoisotopic (exact) mass is 240 g/mol. The topological polar surface area (TPSA) is 57.5 Å². The van der Waals surface area contributed by atoms with E-state index in [0.717, 1.165) is 32.1 Å². The zero-order valence-electron chi connectivity index (χ0n) is 10.6. The number of hydrogen-bond donors (Lipinski definition) is 2. The van der Waals surface area contributed by atoms with Gasteiger partial charge < -0.3 is 10.2 Å². The fraction of sp³-hybridized carbons (Fsp3) is 0.643. The third kappa shape index (κ3) is 14.9. The number of carboxylic acids is 1. The van der Waals surface area contributed by atoms with Crippen molar-refractivity contribution in [2.24, 2.45) is 0 Å². The number of allylic oxidation sites excluding steroid dienone is 4. The highest BCUT2D eigenvalue weighted by Gasteiger charge is 1.93. The molecule has 1 unspecified atom stereocenters. The van der Waals surface area contributed by atoms with Crippen LogP contribution in [0.1, 0.15) is 51.9 Å². The van der Waals surface area contributed by atoms with Gasteiger partial charge in [-0.25, -0.2) is 0 Å². The first-order chi connectivity index (χ1) is 8.13. The molecule has 3 heteroatoms. The second-order valence-electron chi connectivity index (χ2n) is 4.24. The Kier molecular flexibility index (Phi) is 10.7. The lowest BCUT2D eigenvalue weighted by Gasteiger charge is -1.99. The van der Waals surface area contributed by atoms with Crippen LogP contribution >= 0.6 is 0 Å². The molecule has 2 N–H and O–H groups in total. The molecule has 0 bridgehead atoms. The van der Waals surface area contributed by atoms with Crippen LogP contribution in [0.3, 0.4) is 0 Å². The average Bonchev–Trinajstić information content (AvgIpc) is 2.25. The van der Waals surface area contributed by atoms with E-state index in [1.807, 2.05) is 13.0 Å². The lowest BCUT2D eigenvalue weighted by Crippen LogP contribution is -1.97. The summed E-state index contributed by atoms with van der Waals surface area (Å²) < 4.78 is 0. The van der Waals surface area contributed by atoms with E-state index in [2.05, 4.69) is 18.2 Å². The molecular formula is C14H24O3. The van der Waals surface area contributed by atoms with Crippen molar-refractivity contribution in [3.05, 3.63) is 24.3 Å². The molecular weight excluding hydrogens is 216 g/mol. The number of carbonyl (C=O) groups is 1. The lowest BCUT2D eigenvalue weighted by molar-refractivity contribution is -0.137. The Morgan fingerprint density at radius 2 is 1.71 bits per heavy atom. The minimum Gasteiger partial charge on any atom is -0.481 e. The van der Waals surface area contributed by atoms with Gasteiger partial charge in [0.1, 0.15) is 0 Å². The molecule has 98 valence electrons. The van der Waals surface area contributed by atoms with Gasteiger partial charge in [0.2, 0.25) is 0 Å². The van der Waals surface area contributed by atoms with Gasteiger partial charge in [0.15, 0.2) is 0 Å². The standard InChI is InChI=1S/C14H24O3/c1-13(15)11-9-7-5-3-2-4-6-8-10-12-14(16)17/h3-6,13,15H,2,7-12H2,1H3,(H,16,17)/b5-3-,6-4-. The molecule has 0 radical (unpaired) electrons. The zero-order chi connectivity index (χ0) is 12.9. The van der Waals surface area contributed by atoms with Crippen molar-refractivity contribution >= 4 is 5.97 Å². The Labute approximate surface area is 104 Å². The number of aliphatic hydroxyl groups excluding tert-OH is 1. The summed E-state index contributed by atoms with van der Waals surface area (Å²) in [5.41, 5.74) is 0. The number of rotatable bonds is 10. The van der Waals surface area contributed by atoms with E-state index in [4.69, 9.17) is 10.2 Å². The molecule has 0 aromatic rings. The Bertz CT molecular complexity index is 242. The molecule has 1 atom stereocenters. The highest BCUT2D eigenvalue weighted by atomic mass is 16.4. The summed E-state index contributed by atoms with van der Waals surface area (Å²) in [4.78, 5) is 10.2. The Balaban J connectivity index is 3.28. The van der Waals surface area contributed by atoms with Gasteiger partial charge in [0, 0.05) is 6.42 Å². The quantitative estimate of drug-likeness (QED) is 0.455. The van der Waals surface area contributed by atoms with Gasteiger partial charge in [-0.15, -0.1) is 0 Å². The third-order valence-electron chi connectivity index (χ3n) is 2.36. The predicted octanol–water partition coefficient (Wildman–Crippen LogP) is 3.29. The smallest absolute Gasteiger partial charge is 0.303 e. The molecule has 0 amide bonds. The summed E-state index contributed by atoms with van der Waals surface area (Å²) >= 11 is 0. The summed E-state index contributed by atoms with van der Waals surface area (Å²) in [7, 11) is 0. The van der Waals surface area contributed by atoms with E-state index in [0.29, 0.717) is 6.42 Å². The van der Waals surface area contributed by atoms with Gasteiger partial charge in [-0.2, -0.15) is 0 Å². The fourth-order valence-electron chi connectivity index (χ4n) is 1.41. The minimum absolute atomic E-state index is 0.197. The minimum atomic E-state index is -0.726. The summed E-state index contributed by atoms with van der Waals surface area (Å²) in [6.07, 6.45) is 13.7. The van der Waals surface area contributed by atoms with Gasteiger partial charge in [-0.1, -0.05) is 24.3 Å². The largest absolute Gasteiger partial charge is 0.481 e. The van der Waals surface area contributed by atoms with Gasteiger partial charge in [0.25, 0.3) is 0 Å². The van der Waals surface area contributed by atoms with Crippen molar-refractivity contribution in [1.29, 1.82) is 0 Å². The van der Waals surface area contributed by atoms with Crippen molar-refractivity contribution in [1.82, 2.24) is 0 Å². The third-order valence-corrected chi connectivity index (χ3v) is 2.36. The van der Waals surface area contributed by atoms with Crippen LogP contribution < -0.4 is 0 Å². The molecule has 0 aliphatic heterocycles. The van der Waals surface area contributed by atoms with Crippen LogP contribution in [0.2, 0.25) is 0 Å². The molecule has 0 spiro atoms.